The van der Waals surface area contributed by atoms with Crippen LogP contribution in [0.25, 0.3) is 11.3 Å². The molecule has 0 atom stereocenters. The van der Waals surface area contributed by atoms with Crippen LogP contribution < -0.4 is 10.6 Å². The maximum atomic E-state index is 13.4. The predicted molar refractivity (Wildman–Crippen MR) is 123 cm³/mol. The number of anilines is 2. The van der Waals surface area contributed by atoms with Crippen LogP contribution in [0, 0.1) is 6.92 Å². The van der Waals surface area contributed by atoms with Crippen molar-refractivity contribution >= 4 is 17.3 Å². The van der Waals surface area contributed by atoms with Gasteiger partial charge in [0.05, 0.1) is 29.7 Å². The Labute approximate surface area is 185 Å². The van der Waals surface area contributed by atoms with E-state index in [4.69, 9.17) is 5.73 Å². The topological polar surface area (TPSA) is 113 Å². The molecule has 160 valence electrons. The third kappa shape index (κ3) is 4.37. The average Bonchev–Trinajstić information content (AvgIpc) is 2.78. The second-order valence-corrected chi connectivity index (χ2v) is 7.44. The average molecular weight is 426 g/mol. The fourth-order valence-electron chi connectivity index (χ4n) is 3.50. The molecule has 0 aliphatic carbocycles. The Bertz CT molecular complexity index is 1260. The molecule has 7 heteroatoms. The van der Waals surface area contributed by atoms with Crippen molar-refractivity contribution < 1.29 is 15.0 Å². The zero-order valence-corrected chi connectivity index (χ0v) is 17.4. The van der Waals surface area contributed by atoms with E-state index in [2.05, 4.69) is 9.97 Å². The summed E-state index contributed by atoms with van der Waals surface area (Å²) in [5.74, 6) is -0.807. The van der Waals surface area contributed by atoms with E-state index in [0.717, 1.165) is 28.5 Å². The number of nitrogen functional groups attached to an aromatic ring is 1. The van der Waals surface area contributed by atoms with Crippen LogP contribution >= 0.6 is 0 Å². The number of aromatic nitrogens is 2. The van der Waals surface area contributed by atoms with Gasteiger partial charge in [-0.15, -0.1) is 0 Å². The number of phenols is 2. The zero-order chi connectivity index (χ0) is 22.7. The first kappa shape index (κ1) is 20.9. The standard InChI is InChI=1S/C25H22N4O3/c1-16-11-19(26)14-28-24(16)18-4-6-20(7-5-18)29(15-17-3-2-10-27-13-17)25(32)22-9-8-21(30)12-23(22)31/h2-14,30-31H,15,26H2,1H3. The first-order valence-corrected chi connectivity index (χ1v) is 9.97. The molecule has 2 aromatic carbocycles. The van der Waals surface area contributed by atoms with E-state index in [1.165, 1.54) is 12.1 Å². The normalized spacial score (nSPS) is 10.7. The van der Waals surface area contributed by atoms with Crippen LogP contribution in [0.5, 0.6) is 11.5 Å². The van der Waals surface area contributed by atoms with Gasteiger partial charge < -0.3 is 20.8 Å². The van der Waals surface area contributed by atoms with Gasteiger partial charge in [0.2, 0.25) is 0 Å². The molecule has 32 heavy (non-hydrogen) atoms. The van der Waals surface area contributed by atoms with Crippen molar-refractivity contribution in [2.75, 3.05) is 10.6 Å². The lowest BCUT2D eigenvalue weighted by atomic mass is 10.1. The summed E-state index contributed by atoms with van der Waals surface area (Å²) in [6.07, 6.45) is 4.97. The van der Waals surface area contributed by atoms with Gasteiger partial charge in [0.15, 0.2) is 0 Å². The van der Waals surface area contributed by atoms with Gasteiger partial charge in [0.25, 0.3) is 5.91 Å². The molecule has 0 aliphatic rings. The maximum Gasteiger partial charge on any atom is 0.262 e. The molecule has 4 rings (SSSR count). The van der Waals surface area contributed by atoms with Gasteiger partial charge in [-0.1, -0.05) is 18.2 Å². The molecule has 0 aliphatic heterocycles. The molecule has 0 unspecified atom stereocenters. The van der Waals surface area contributed by atoms with Gasteiger partial charge in [-0.2, -0.15) is 0 Å². The SMILES string of the molecule is Cc1cc(N)cnc1-c1ccc(N(Cc2cccnc2)C(=O)c2ccc(O)cc2O)cc1. The Morgan fingerprint density at radius 2 is 1.81 bits per heavy atom. The number of pyridine rings is 2. The highest BCUT2D eigenvalue weighted by Crippen LogP contribution is 2.29. The molecule has 0 spiro atoms. The van der Waals surface area contributed by atoms with Crippen LogP contribution in [0.1, 0.15) is 21.5 Å². The van der Waals surface area contributed by atoms with Crippen LogP contribution in [0.4, 0.5) is 11.4 Å². The summed E-state index contributed by atoms with van der Waals surface area (Å²) >= 11 is 0. The second kappa shape index (κ2) is 8.77. The van der Waals surface area contributed by atoms with Crippen molar-refractivity contribution in [1.29, 1.82) is 0 Å². The monoisotopic (exact) mass is 426 g/mol. The van der Waals surface area contributed by atoms with Crippen molar-refractivity contribution in [3.05, 3.63) is 95.9 Å². The van der Waals surface area contributed by atoms with Crippen molar-refractivity contribution in [3.8, 4) is 22.8 Å². The number of amides is 1. The molecular formula is C25H22N4O3. The van der Waals surface area contributed by atoms with E-state index in [1.54, 1.807) is 29.6 Å². The lowest BCUT2D eigenvalue weighted by molar-refractivity contribution is 0.0982. The number of aromatic hydroxyl groups is 2. The Balaban J connectivity index is 1.71. The zero-order valence-electron chi connectivity index (χ0n) is 17.4. The second-order valence-electron chi connectivity index (χ2n) is 7.44. The van der Waals surface area contributed by atoms with Crippen LogP contribution in [0.2, 0.25) is 0 Å². The minimum atomic E-state index is -0.402. The fraction of sp³-hybridized carbons (Fsp3) is 0.0800. The number of carbonyl (C=O) groups is 1. The highest BCUT2D eigenvalue weighted by Gasteiger charge is 2.22. The van der Waals surface area contributed by atoms with Crippen molar-refractivity contribution in [1.82, 2.24) is 9.97 Å². The number of rotatable bonds is 5. The van der Waals surface area contributed by atoms with Crippen molar-refractivity contribution in [3.63, 3.8) is 0 Å². The van der Waals surface area contributed by atoms with E-state index in [-0.39, 0.29) is 23.6 Å². The number of nitrogens with two attached hydrogens (primary N) is 1. The van der Waals surface area contributed by atoms with Crippen LogP contribution in [-0.4, -0.2) is 26.1 Å². The van der Waals surface area contributed by atoms with Crippen molar-refractivity contribution in [2.24, 2.45) is 0 Å². The van der Waals surface area contributed by atoms with E-state index in [9.17, 15) is 15.0 Å². The van der Waals surface area contributed by atoms with Crippen LogP contribution in [-0.2, 0) is 6.54 Å². The number of phenolic OH excluding ortho intramolecular Hbond substituents is 2. The van der Waals surface area contributed by atoms with Gasteiger partial charge in [0.1, 0.15) is 11.5 Å². The molecular weight excluding hydrogens is 404 g/mol. The lowest BCUT2D eigenvalue weighted by Gasteiger charge is -2.24. The molecule has 0 radical (unpaired) electrons. The Morgan fingerprint density at radius 1 is 1.03 bits per heavy atom. The van der Waals surface area contributed by atoms with E-state index >= 15 is 0 Å². The van der Waals surface area contributed by atoms with E-state index in [0.29, 0.717) is 11.4 Å². The summed E-state index contributed by atoms with van der Waals surface area (Å²) in [5, 5.41) is 19.8. The third-order valence-electron chi connectivity index (χ3n) is 5.07. The number of carbonyl (C=O) groups excluding carboxylic acids is 1. The third-order valence-corrected chi connectivity index (χ3v) is 5.07. The number of nitrogens with zero attached hydrogens (tertiary/aromatic N) is 3. The van der Waals surface area contributed by atoms with Gasteiger partial charge in [0, 0.05) is 29.7 Å². The Kier molecular flexibility index (Phi) is 5.72. The summed E-state index contributed by atoms with van der Waals surface area (Å²) in [6, 6.07) is 16.9. The van der Waals surface area contributed by atoms with Gasteiger partial charge in [-0.05, 0) is 54.4 Å². The summed E-state index contributed by atoms with van der Waals surface area (Å²) in [5.41, 5.74) is 10.6. The quantitative estimate of drug-likeness (QED) is 0.439. The van der Waals surface area contributed by atoms with Crippen LogP contribution in [0.3, 0.4) is 0 Å². The fourth-order valence-corrected chi connectivity index (χ4v) is 3.50. The number of aryl methyl sites for hydroxylation is 1. The van der Waals surface area contributed by atoms with Gasteiger partial charge >= 0.3 is 0 Å². The number of hydrogen-bond donors (Lipinski definition) is 3. The van der Waals surface area contributed by atoms with Gasteiger partial charge in [-0.25, -0.2) is 0 Å². The predicted octanol–water partition coefficient (Wildman–Crippen LogP) is 4.29. The number of hydrogen-bond acceptors (Lipinski definition) is 6. The molecule has 4 aromatic rings. The minimum Gasteiger partial charge on any atom is -0.508 e. The first-order valence-electron chi connectivity index (χ1n) is 9.97. The van der Waals surface area contributed by atoms with Crippen LogP contribution in [0.15, 0.2) is 79.3 Å². The largest absolute Gasteiger partial charge is 0.508 e. The lowest BCUT2D eigenvalue weighted by Crippen LogP contribution is -2.30. The molecule has 2 heterocycles. The molecule has 0 bridgehead atoms. The Morgan fingerprint density at radius 3 is 2.47 bits per heavy atom. The van der Waals surface area contributed by atoms with E-state index in [1.807, 2.05) is 43.3 Å². The highest BCUT2D eigenvalue weighted by molar-refractivity contribution is 6.08. The molecule has 1 amide bonds. The first-order chi connectivity index (χ1) is 15.4. The molecule has 0 saturated carbocycles. The highest BCUT2D eigenvalue weighted by atomic mass is 16.3. The van der Waals surface area contributed by atoms with E-state index < -0.39 is 5.91 Å². The molecule has 7 nitrogen and oxygen atoms in total. The summed E-state index contributed by atoms with van der Waals surface area (Å²) in [7, 11) is 0. The smallest absolute Gasteiger partial charge is 0.262 e. The minimum absolute atomic E-state index is 0.0896. The maximum absolute atomic E-state index is 13.4. The summed E-state index contributed by atoms with van der Waals surface area (Å²) < 4.78 is 0. The summed E-state index contributed by atoms with van der Waals surface area (Å²) in [4.78, 5) is 23.5. The van der Waals surface area contributed by atoms with Crippen molar-refractivity contribution in [2.45, 2.75) is 13.5 Å². The molecule has 0 saturated heterocycles. The summed E-state index contributed by atoms with van der Waals surface area (Å²) in [6.45, 7) is 2.20. The number of benzene rings is 2. The van der Waals surface area contributed by atoms with Gasteiger partial charge in [-0.3, -0.25) is 14.8 Å². The Hall–Kier alpha value is -4.39. The molecule has 2 aromatic heterocycles. The molecule has 0 fully saturated rings. The molecule has 4 N–H and O–H groups in total.